The number of nitrogens with one attached hydrogen (secondary N) is 1. The molecule has 2 heterocycles. The van der Waals surface area contributed by atoms with E-state index < -0.39 is 10.8 Å². The standard InChI is InChI=1S/C15H14ClN7O4/c1-27-14-12(23(25)26)7-21(19-14)8-13(24)18-15-17-9-22(20-15)6-10-3-2-4-11(16)5-10/h2-5,7,9H,6,8H2,1H3,(H,18,20,24). The number of hydrogen-bond donors (Lipinski definition) is 1. The Hall–Kier alpha value is -3.47. The van der Waals surface area contributed by atoms with Gasteiger partial charge in [-0.2, -0.15) is 0 Å². The van der Waals surface area contributed by atoms with Crippen molar-refractivity contribution in [2.24, 2.45) is 0 Å². The number of carbonyl (C=O) groups excluding carboxylic acids is 1. The molecule has 0 saturated heterocycles. The van der Waals surface area contributed by atoms with E-state index in [1.807, 2.05) is 12.1 Å². The molecule has 1 N–H and O–H groups in total. The van der Waals surface area contributed by atoms with Gasteiger partial charge in [-0.1, -0.05) is 23.7 Å². The fourth-order valence-electron chi connectivity index (χ4n) is 2.31. The van der Waals surface area contributed by atoms with E-state index in [2.05, 4.69) is 20.5 Å². The lowest BCUT2D eigenvalue weighted by atomic mass is 10.2. The van der Waals surface area contributed by atoms with Crippen molar-refractivity contribution >= 4 is 29.1 Å². The Morgan fingerprint density at radius 1 is 1.37 bits per heavy atom. The first-order valence-corrected chi connectivity index (χ1v) is 8.02. The molecule has 27 heavy (non-hydrogen) atoms. The van der Waals surface area contributed by atoms with Crippen molar-refractivity contribution in [2.45, 2.75) is 13.1 Å². The first-order chi connectivity index (χ1) is 12.9. The van der Waals surface area contributed by atoms with E-state index in [1.165, 1.54) is 13.4 Å². The van der Waals surface area contributed by atoms with Gasteiger partial charge in [-0.05, 0) is 17.7 Å². The second-order valence-electron chi connectivity index (χ2n) is 5.42. The number of hydrogen-bond acceptors (Lipinski definition) is 7. The highest BCUT2D eigenvalue weighted by molar-refractivity contribution is 6.30. The van der Waals surface area contributed by atoms with Crippen molar-refractivity contribution in [1.82, 2.24) is 24.5 Å². The molecule has 12 heteroatoms. The summed E-state index contributed by atoms with van der Waals surface area (Å²) in [4.78, 5) is 26.3. The maximum Gasteiger partial charge on any atom is 0.350 e. The van der Waals surface area contributed by atoms with Crippen LogP contribution in [0.25, 0.3) is 0 Å². The largest absolute Gasteiger partial charge is 0.475 e. The number of methoxy groups -OCH3 is 1. The van der Waals surface area contributed by atoms with E-state index in [9.17, 15) is 14.9 Å². The summed E-state index contributed by atoms with van der Waals surface area (Å²) in [6, 6.07) is 7.30. The van der Waals surface area contributed by atoms with Crippen molar-refractivity contribution in [3.8, 4) is 5.88 Å². The minimum atomic E-state index is -0.640. The molecular weight excluding hydrogens is 378 g/mol. The van der Waals surface area contributed by atoms with Gasteiger partial charge in [0.25, 0.3) is 0 Å². The Kier molecular flexibility index (Phi) is 5.31. The van der Waals surface area contributed by atoms with Gasteiger partial charge in [0, 0.05) is 5.02 Å². The van der Waals surface area contributed by atoms with Crippen LogP contribution in [-0.2, 0) is 17.9 Å². The van der Waals surface area contributed by atoms with Gasteiger partial charge in [0.1, 0.15) is 19.1 Å². The van der Waals surface area contributed by atoms with Gasteiger partial charge in [0.05, 0.1) is 18.6 Å². The molecular formula is C15H14ClN7O4. The molecule has 1 aromatic carbocycles. The molecule has 0 aliphatic rings. The second-order valence-corrected chi connectivity index (χ2v) is 5.86. The summed E-state index contributed by atoms with van der Waals surface area (Å²) in [5.41, 5.74) is 0.607. The minimum Gasteiger partial charge on any atom is -0.475 e. The lowest BCUT2D eigenvalue weighted by Gasteiger charge is -2.02. The smallest absolute Gasteiger partial charge is 0.350 e. The average Bonchev–Trinajstić information content (AvgIpc) is 3.21. The fourth-order valence-corrected chi connectivity index (χ4v) is 2.52. The van der Waals surface area contributed by atoms with Crippen molar-refractivity contribution in [3.63, 3.8) is 0 Å². The van der Waals surface area contributed by atoms with Gasteiger partial charge >= 0.3 is 11.6 Å². The van der Waals surface area contributed by atoms with Gasteiger partial charge in [0.15, 0.2) is 0 Å². The van der Waals surface area contributed by atoms with E-state index in [-0.39, 0.29) is 24.1 Å². The van der Waals surface area contributed by atoms with Crippen LogP contribution in [0.5, 0.6) is 5.88 Å². The number of amides is 1. The number of nitrogens with zero attached hydrogens (tertiary/aromatic N) is 6. The molecule has 140 valence electrons. The van der Waals surface area contributed by atoms with Crippen LogP contribution in [-0.4, -0.2) is 42.5 Å². The highest BCUT2D eigenvalue weighted by Gasteiger charge is 2.21. The Morgan fingerprint density at radius 2 is 2.19 bits per heavy atom. The van der Waals surface area contributed by atoms with Crippen molar-refractivity contribution in [3.05, 3.63) is 57.5 Å². The van der Waals surface area contributed by atoms with Crippen LogP contribution in [0.2, 0.25) is 5.02 Å². The van der Waals surface area contributed by atoms with Gasteiger partial charge in [-0.15, -0.1) is 10.2 Å². The van der Waals surface area contributed by atoms with E-state index >= 15 is 0 Å². The van der Waals surface area contributed by atoms with Crippen LogP contribution in [0.3, 0.4) is 0 Å². The number of aromatic nitrogens is 5. The molecule has 3 aromatic rings. The highest BCUT2D eigenvalue weighted by atomic mass is 35.5. The molecule has 0 radical (unpaired) electrons. The molecule has 0 bridgehead atoms. The molecule has 0 aliphatic heterocycles. The zero-order valence-corrected chi connectivity index (χ0v) is 14.8. The van der Waals surface area contributed by atoms with Crippen molar-refractivity contribution in [2.75, 3.05) is 12.4 Å². The van der Waals surface area contributed by atoms with Crippen LogP contribution in [0.1, 0.15) is 5.56 Å². The van der Waals surface area contributed by atoms with E-state index in [0.717, 1.165) is 16.4 Å². The Balaban J connectivity index is 1.62. The number of rotatable bonds is 7. The molecule has 0 fully saturated rings. The molecule has 1 amide bonds. The van der Waals surface area contributed by atoms with Crippen molar-refractivity contribution in [1.29, 1.82) is 0 Å². The van der Waals surface area contributed by atoms with Crippen molar-refractivity contribution < 1.29 is 14.5 Å². The normalized spacial score (nSPS) is 10.6. The minimum absolute atomic E-state index is 0.107. The summed E-state index contributed by atoms with van der Waals surface area (Å²) in [5, 5.41) is 22.0. The van der Waals surface area contributed by atoms with Gasteiger partial charge in [-0.3, -0.25) is 24.9 Å². The topological polar surface area (TPSA) is 130 Å². The zero-order chi connectivity index (χ0) is 19.4. The summed E-state index contributed by atoms with van der Waals surface area (Å²) in [6.07, 6.45) is 2.59. The molecule has 0 aliphatic carbocycles. The van der Waals surface area contributed by atoms with E-state index in [1.54, 1.807) is 16.8 Å². The molecule has 11 nitrogen and oxygen atoms in total. The van der Waals surface area contributed by atoms with Gasteiger partial charge in [0.2, 0.25) is 11.9 Å². The predicted octanol–water partition coefficient (Wildman–Crippen LogP) is 1.73. The second kappa shape index (κ2) is 7.83. The average molecular weight is 392 g/mol. The maximum atomic E-state index is 12.1. The third-order valence-electron chi connectivity index (χ3n) is 3.43. The first-order valence-electron chi connectivity index (χ1n) is 7.64. The number of ether oxygens (including phenoxy) is 1. The van der Waals surface area contributed by atoms with E-state index in [0.29, 0.717) is 11.6 Å². The Labute approximate surface area is 157 Å². The van der Waals surface area contributed by atoms with Crippen LogP contribution >= 0.6 is 11.6 Å². The number of anilines is 1. The summed E-state index contributed by atoms with van der Waals surface area (Å²) in [5.74, 6) is -0.553. The molecule has 0 saturated carbocycles. The van der Waals surface area contributed by atoms with Crippen LogP contribution in [0.4, 0.5) is 11.6 Å². The van der Waals surface area contributed by atoms with Gasteiger partial charge < -0.3 is 4.74 Å². The number of halogens is 1. The van der Waals surface area contributed by atoms with Crippen LogP contribution in [0, 0.1) is 10.1 Å². The molecule has 0 atom stereocenters. The monoisotopic (exact) mass is 391 g/mol. The lowest BCUT2D eigenvalue weighted by molar-refractivity contribution is -0.385. The summed E-state index contributed by atoms with van der Waals surface area (Å²) in [6.45, 7) is 0.180. The number of nitro groups is 1. The first kappa shape index (κ1) is 18.3. The molecule has 2 aromatic heterocycles. The SMILES string of the molecule is COc1nn(CC(=O)Nc2ncn(Cc3cccc(Cl)c3)n2)cc1[N+](=O)[O-]. The lowest BCUT2D eigenvalue weighted by Crippen LogP contribution is -2.20. The third kappa shape index (κ3) is 4.58. The quantitative estimate of drug-likeness (QED) is 0.479. The van der Waals surface area contributed by atoms with Crippen LogP contribution < -0.4 is 10.1 Å². The Morgan fingerprint density at radius 3 is 2.85 bits per heavy atom. The summed E-state index contributed by atoms with van der Waals surface area (Å²) < 4.78 is 7.46. The molecule has 0 spiro atoms. The third-order valence-corrected chi connectivity index (χ3v) is 3.66. The fraction of sp³-hybridized carbons (Fsp3) is 0.200. The zero-order valence-electron chi connectivity index (χ0n) is 14.1. The highest BCUT2D eigenvalue weighted by Crippen LogP contribution is 2.23. The maximum absolute atomic E-state index is 12.1. The predicted molar refractivity (Wildman–Crippen MR) is 94.6 cm³/mol. The number of carbonyl (C=O) groups is 1. The Bertz CT molecular complexity index is 984. The summed E-state index contributed by atoms with van der Waals surface area (Å²) in [7, 11) is 1.26. The summed E-state index contributed by atoms with van der Waals surface area (Å²) >= 11 is 5.94. The molecule has 0 unspecified atom stereocenters. The number of benzene rings is 1. The molecule has 3 rings (SSSR count). The van der Waals surface area contributed by atoms with E-state index in [4.69, 9.17) is 16.3 Å². The van der Waals surface area contributed by atoms with Crippen LogP contribution in [0.15, 0.2) is 36.8 Å². The van der Waals surface area contributed by atoms with Gasteiger partial charge in [-0.25, -0.2) is 9.67 Å².